The van der Waals surface area contributed by atoms with Gasteiger partial charge in [-0.15, -0.1) is 0 Å². The standard InChI is InChI=1S/C13H13F2NO4/c1-2-19-12(18)5-9-10(7-17)8(6-16)3-4-11(9)20-13(14)15/h3-4,13,17H,2,5,7H2,1H3. The van der Waals surface area contributed by atoms with Crippen molar-refractivity contribution >= 4 is 5.97 Å². The number of halogens is 2. The van der Waals surface area contributed by atoms with Gasteiger partial charge in [0.15, 0.2) is 0 Å². The Kier molecular flexibility index (Phi) is 5.87. The summed E-state index contributed by atoms with van der Waals surface area (Å²) in [7, 11) is 0. The van der Waals surface area contributed by atoms with Gasteiger partial charge in [0.2, 0.25) is 0 Å². The van der Waals surface area contributed by atoms with E-state index in [-0.39, 0.29) is 35.5 Å². The molecule has 0 unspecified atom stereocenters. The van der Waals surface area contributed by atoms with Crippen LogP contribution in [0, 0.1) is 11.3 Å². The summed E-state index contributed by atoms with van der Waals surface area (Å²) in [5.41, 5.74) is 0.206. The smallest absolute Gasteiger partial charge is 0.387 e. The van der Waals surface area contributed by atoms with Crippen LogP contribution in [0.15, 0.2) is 12.1 Å². The van der Waals surface area contributed by atoms with Crippen molar-refractivity contribution in [1.29, 1.82) is 5.26 Å². The lowest BCUT2D eigenvalue weighted by Crippen LogP contribution is -2.13. The summed E-state index contributed by atoms with van der Waals surface area (Å²) in [5, 5.41) is 18.2. The second-order valence-corrected chi connectivity index (χ2v) is 3.70. The lowest BCUT2D eigenvalue weighted by atomic mass is 9.98. The molecule has 1 aromatic carbocycles. The predicted octanol–water partition coefficient (Wildman–Crippen LogP) is 1.76. The molecule has 0 aromatic heterocycles. The zero-order valence-electron chi connectivity index (χ0n) is 10.7. The summed E-state index contributed by atoms with van der Waals surface area (Å²) >= 11 is 0. The third kappa shape index (κ3) is 3.90. The van der Waals surface area contributed by atoms with Crippen molar-refractivity contribution < 1.29 is 28.2 Å². The molecule has 20 heavy (non-hydrogen) atoms. The number of nitrogens with zero attached hydrogens (tertiary/aromatic N) is 1. The molecule has 0 fully saturated rings. The molecule has 0 aliphatic heterocycles. The van der Waals surface area contributed by atoms with Crippen molar-refractivity contribution in [3.8, 4) is 11.8 Å². The first-order valence-corrected chi connectivity index (χ1v) is 5.79. The second-order valence-electron chi connectivity index (χ2n) is 3.70. The first-order valence-electron chi connectivity index (χ1n) is 5.79. The Morgan fingerprint density at radius 3 is 2.65 bits per heavy atom. The maximum atomic E-state index is 12.3. The van der Waals surface area contributed by atoms with Crippen LogP contribution in [0.1, 0.15) is 23.6 Å². The van der Waals surface area contributed by atoms with Gasteiger partial charge in [-0.1, -0.05) is 0 Å². The summed E-state index contributed by atoms with van der Waals surface area (Å²) < 4.78 is 33.7. The summed E-state index contributed by atoms with van der Waals surface area (Å²) in [6.07, 6.45) is -0.360. The molecule has 5 nitrogen and oxygen atoms in total. The third-order valence-electron chi connectivity index (χ3n) is 2.51. The van der Waals surface area contributed by atoms with Gasteiger partial charge in [-0.3, -0.25) is 4.79 Å². The highest BCUT2D eigenvalue weighted by Crippen LogP contribution is 2.28. The molecule has 0 spiro atoms. The summed E-state index contributed by atoms with van der Waals surface area (Å²) in [5.74, 6) is -0.910. The lowest BCUT2D eigenvalue weighted by Gasteiger charge is -2.15. The summed E-state index contributed by atoms with van der Waals surface area (Å²) in [6, 6.07) is 4.23. The minimum Gasteiger partial charge on any atom is -0.466 e. The van der Waals surface area contributed by atoms with Gasteiger partial charge < -0.3 is 14.6 Å². The molecule has 1 aromatic rings. The molecule has 108 valence electrons. The van der Waals surface area contributed by atoms with Gasteiger partial charge in [0.25, 0.3) is 0 Å². The number of carbonyl (C=O) groups is 1. The molecule has 0 saturated carbocycles. The first kappa shape index (κ1) is 15.9. The zero-order valence-corrected chi connectivity index (χ0v) is 10.7. The number of hydrogen-bond donors (Lipinski definition) is 1. The van der Waals surface area contributed by atoms with Crippen molar-refractivity contribution in [2.75, 3.05) is 6.61 Å². The molecule has 0 aliphatic rings. The van der Waals surface area contributed by atoms with Gasteiger partial charge in [-0.25, -0.2) is 0 Å². The molecule has 0 atom stereocenters. The fourth-order valence-electron chi connectivity index (χ4n) is 1.71. The molecule has 1 rings (SSSR count). The Bertz CT molecular complexity index is 526. The number of hydrogen-bond acceptors (Lipinski definition) is 5. The Balaban J connectivity index is 3.25. The summed E-state index contributed by atoms with van der Waals surface area (Å²) in [6.45, 7) is -1.91. The minimum atomic E-state index is -3.07. The van der Waals surface area contributed by atoms with E-state index < -0.39 is 19.2 Å². The summed E-state index contributed by atoms with van der Waals surface area (Å²) in [4.78, 5) is 11.5. The minimum absolute atomic E-state index is 0.0327. The number of benzene rings is 1. The van der Waals surface area contributed by atoms with E-state index in [0.717, 1.165) is 0 Å². The van der Waals surface area contributed by atoms with Crippen LogP contribution in [0.4, 0.5) is 8.78 Å². The topological polar surface area (TPSA) is 79.5 Å². The SMILES string of the molecule is CCOC(=O)Cc1c(OC(F)F)ccc(C#N)c1CO. The van der Waals surface area contributed by atoms with Gasteiger partial charge in [0.1, 0.15) is 5.75 Å². The van der Waals surface area contributed by atoms with Crippen LogP contribution in [0.25, 0.3) is 0 Å². The van der Waals surface area contributed by atoms with Gasteiger partial charge in [0.05, 0.1) is 31.3 Å². The van der Waals surface area contributed by atoms with Crippen molar-refractivity contribution in [3.05, 3.63) is 28.8 Å². The molecule has 0 heterocycles. The van der Waals surface area contributed by atoms with Crippen LogP contribution in [-0.4, -0.2) is 24.3 Å². The zero-order chi connectivity index (χ0) is 15.1. The fourth-order valence-corrected chi connectivity index (χ4v) is 1.71. The highest BCUT2D eigenvalue weighted by atomic mass is 19.3. The third-order valence-corrected chi connectivity index (χ3v) is 2.51. The van der Waals surface area contributed by atoms with E-state index in [0.29, 0.717) is 0 Å². The van der Waals surface area contributed by atoms with Gasteiger partial charge >= 0.3 is 12.6 Å². The number of aliphatic hydroxyl groups excluding tert-OH is 1. The monoisotopic (exact) mass is 285 g/mol. The molecule has 1 N–H and O–H groups in total. The Hall–Kier alpha value is -2.20. The Morgan fingerprint density at radius 2 is 2.15 bits per heavy atom. The van der Waals surface area contributed by atoms with E-state index in [1.165, 1.54) is 12.1 Å². The first-order chi connectivity index (χ1) is 9.53. The highest BCUT2D eigenvalue weighted by molar-refractivity contribution is 5.74. The van der Waals surface area contributed by atoms with E-state index >= 15 is 0 Å². The molecule has 0 aliphatic carbocycles. The number of nitriles is 1. The van der Waals surface area contributed by atoms with Gasteiger partial charge in [0, 0.05) is 11.1 Å². The van der Waals surface area contributed by atoms with E-state index in [9.17, 15) is 18.7 Å². The highest BCUT2D eigenvalue weighted by Gasteiger charge is 2.19. The van der Waals surface area contributed by atoms with Crippen LogP contribution in [0.5, 0.6) is 5.75 Å². The average molecular weight is 285 g/mol. The van der Waals surface area contributed by atoms with Crippen molar-refractivity contribution in [2.24, 2.45) is 0 Å². The normalized spacial score (nSPS) is 10.2. The van der Waals surface area contributed by atoms with Crippen LogP contribution in [-0.2, 0) is 22.6 Å². The van der Waals surface area contributed by atoms with Crippen molar-refractivity contribution in [1.82, 2.24) is 0 Å². The number of ether oxygens (including phenoxy) is 2. The van der Waals surface area contributed by atoms with Crippen LogP contribution in [0.3, 0.4) is 0 Å². The molecular weight excluding hydrogens is 272 g/mol. The molecular formula is C13H13F2NO4. The van der Waals surface area contributed by atoms with Crippen LogP contribution >= 0.6 is 0 Å². The van der Waals surface area contributed by atoms with Crippen LogP contribution < -0.4 is 4.74 Å². The van der Waals surface area contributed by atoms with E-state index in [1.807, 2.05) is 6.07 Å². The molecule has 0 saturated heterocycles. The Labute approximate surface area is 114 Å². The number of alkyl halides is 2. The molecule has 0 amide bonds. The van der Waals surface area contributed by atoms with Crippen LogP contribution in [0.2, 0.25) is 0 Å². The molecule has 0 bridgehead atoms. The molecule has 0 radical (unpaired) electrons. The number of rotatable bonds is 6. The number of aliphatic hydroxyl groups is 1. The number of carbonyl (C=O) groups excluding carboxylic acids is 1. The average Bonchev–Trinajstić information content (AvgIpc) is 2.40. The van der Waals surface area contributed by atoms with E-state index in [1.54, 1.807) is 6.92 Å². The lowest BCUT2D eigenvalue weighted by molar-refractivity contribution is -0.142. The largest absolute Gasteiger partial charge is 0.466 e. The van der Waals surface area contributed by atoms with Crippen molar-refractivity contribution in [3.63, 3.8) is 0 Å². The van der Waals surface area contributed by atoms with Crippen molar-refractivity contribution in [2.45, 2.75) is 26.6 Å². The maximum absolute atomic E-state index is 12.3. The maximum Gasteiger partial charge on any atom is 0.387 e. The Morgan fingerprint density at radius 1 is 1.45 bits per heavy atom. The second kappa shape index (κ2) is 7.40. The van der Waals surface area contributed by atoms with Gasteiger partial charge in [-0.2, -0.15) is 14.0 Å². The number of esters is 1. The predicted molar refractivity (Wildman–Crippen MR) is 64.0 cm³/mol. The quantitative estimate of drug-likeness (QED) is 0.806. The van der Waals surface area contributed by atoms with E-state index in [4.69, 9.17) is 10.00 Å². The van der Waals surface area contributed by atoms with Gasteiger partial charge in [-0.05, 0) is 19.1 Å². The molecule has 7 heteroatoms. The van der Waals surface area contributed by atoms with E-state index in [2.05, 4.69) is 4.74 Å². The fraction of sp³-hybridized carbons (Fsp3) is 0.385.